The molecule has 0 amide bonds. The van der Waals surface area contributed by atoms with Crippen molar-refractivity contribution in [2.45, 2.75) is 12.8 Å². The molecule has 0 bridgehead atoms. The molecule has 1 N–H and O–H groups in total. The molecule has 3 aromatic rings. The van der Waals surface area contributed by atoms with Crippen LogP contribution in [0.4, 0.5) is 15.9 Å². The van der Waals surface area contributed by atoms with Gasteiger partial charge in [-0.15, -0.1) is 0 Å². The third-order valence-corrected chi connectivity index (χ3v) is 6.24. The zero-order chi connectivity index (χ0) is 21.8. The van der Waals surface area contributed by atoms with Crippen molar-refractivity contribution >= 4 is 28.4 Å². The highest BCUT2D eigenvalue weighted by molar-refractivity contribution is 5.94. The Hall–Kier alpha value is -3.12. The number of fused-ring (bicyclic) bond motifs is 2. The summed E-state index contributed by atoms with van der Waals surface area (Å²) < 4.78 is 19.4. The summed E-state index contributed by atoms with van der Waals surface area (Å²) in [4.78, 5) is 9.49. The molecule has 0 saturated carbocycles. The van der Waals surface area contributed by atoms with Crippen LogP contribution in [0, 0.1) is 5.82 Å². The second-order valence-electron chi connectivity index (χ2n) is 8.40. The fourth-order valence-corrected chi connectivity index (χ4v) is 4.49. The van der Waals surface area contributed by atoms with Crippen LogP contribution in [-0.2, 0) is 0 Å². The van der Waals surface area contributed by atoms with E-state index in [4.69, 9.17) is 4.74 Å². The molecule has 3 heterocycles. The molecule has 2 aliphatic heterocycles. The number of benzene rings is 2. The minimum absolute atomic E-state index is 0.181. The predicted octanol–water partition coefficient (Wildman–Crippen LogP) is 4.79. The third kappa shape index (κ3) is 4.70. The number of aromatic nitrogens is 1. The first-order valence-corrected chi connectivity index (χ1v) is 11.5. The number of hydrogen-bond acceptors (Lipinski definition) is 5. The van der Waals surface area contributed by atoms with Gasteiger partial charge in [0.2, 0.25) is 5.88 Å². The Kier molecular flexibility index (Phi) is 6.21. The first-order valence-electron chi connectivity index (χ1n) is 11.5. The number of hydrogen-bond donors (Lipinski definition) is 1. The summed E-state index contributed by atoms with van der Waals surface area (Å²) in [7, 11) is 0. The summed E-state index contributed by atoms with van der Waals surface area (Å²) >= 11 is 0. The van der Waals surface area contributed by atoms with Crippen molar-refractivity contribution in [3.8, 4) is 5.88 Å². The zero-order valence-corrected chi connectivity index (χ0v) is 18.3. The molecule has 1 fully saturated rings. The van der Waals surface area contributed by atoms with Gasteiger partial charge in [0.05, 0.1) is 6.61 Å². The van der Waals surface area contributed by atoms with Crippen LogP contribution in [-0.4, -0.2) is 55.8 Å². The van der Waals surface area contributed by atoms with Crippen molar-refractivity contribution in [2.24, 2.45) is 0 Å². The molecule has 5 nitrogen and oxygen atoms in total. The maximum Gasteiger partial charge on any atom is 0.215 e. The largest absolute Gasteiger partial charge is 0.478 e. The first kappa shape index (κ1) is 20.8. The Morgan fingerprint density at radius 3 is 2.81 bits per heavy atom. The van der Waals surface area contributed by atoms with Crippen LogP contribution in [0.5, 0.6) is 5.88 Å². The minimum atomic E-state index is -0.181. The lowest BCUT2D eigenvalue weighted by molar-refractivity contribution is 0.237. The molecular weight excluding hydrogens is 403 g/mol. The van der Waals surface area contributed by atoms with Crippen molar-refractivity contribution in [2.75, 3.05) is 56.1 Å². The molecule has 1 saturated heterocycles. The molecule has 0 unspecified atom stereocenters. The summed E-state index contributed by atoms with van der Waals surface area (Å²) in [6, 6.07) is 15.2. The van der Waals surface area contributed by atoms with E-state index < -0.39 is 0 Å². The SMILES string of the molecule is Fc1ccc2c(N3CCN(CCCCOc4ccc5c(n4)NCC=C5)CC3)cccc2c1. The molecule has 2 aromatic carbocycles. The normalized spacial score (nSPS) is 16.1. The average molecular weight is 433 g/mol. The molecule has 0 atom stereocenters. The van der Waals surface area contributed by atoms with E-state index in [1.54, 1.807) is 12.1 Å². The van der Waals surface area contributed by atoms with Gasteiger partial charge in [0.15, 0.2) is 0 Å². The van der Waals surface area contributed by atoms with E-state index >= 15 is 0 Å². The molecular formula is C26H29FN4O. The molecule has 32 heavy (non-hydrogen) atoms. The fourth-order valence-electron chi connectivity index (χ4n) is 4.49. The maximum atomic E-state index is 13.6. The Morgan fingerprint density at radius 2 is 1.91 bits per heavy atom. The van der Waals surface area contributed by atoms with Crippen molar-refractivity contribution < 1.29 is 9.13 Å². The molecule has 5 rings (SSSR count). The van der Waals surface area contributed by atoms with Crippen LogP contribution in [0.2, 0.25) is 0 Å². The number of anilines is 2. The maximum absolute atomic E-state index is 13.6. The average Bonchev–Trinajstić information content (AvgIpc) is 2.83. The van der Waals surface area contributed by atoms with E-state index in [0.29, 0.717) is 12.5 Å². The van der Waals surface area contributed by atoms with Crippen LogP contribution in [0.15, 0.2) is 54.6 Å². The van der Waals surface area contributed by atoms with Gasteiger partial charge in [-0.05, 0) is 55.1 Å². The van der Waals surface area contributed by atoms with Gasteiger partial charge in [-0.3, -0.25) is 4.90 Å². The predicted molar refractivity (Wildman–Crippen MR) is 129 cm³/mol. The van der Waals surface area contributed by atoms with Crippen LogP contribution in [0.1, 0.15) is 18.4 Å². The van der Waals surface area contributed by atoms with Crippen LogP contribution in [0.25, 0.3) is 16.8 Å². The Bertz CT molecular complexity index is 1110. The van der Waals surface area contributed by atoms with E-state index in [1.807, 2.05) is 30.3 Å². The molecule has 1 aromatic heterocycles. The monoisotopic (exact) mass is 432 g/mol. The number of nitrogens with one attached hydrogen (secondary N) is 1. The minimum Gasteiger partial charge on any atom is -0.478 e. The molecule has 0 spiro atoms. The van der Waals surface area contributed by atoms with E-state index in [9.17, 15) is 4.39 Å². The number of piperazine rings is 1. The van der Waals surface area contributed by atoms with Gasteiger partial charge >= 0.3 is 0 Å². The van der Waals surface area contributed by atoms with Gasteiger partial charge in [0.1, 0.15) is 11.6 Å². The Labute approximate surface area is 188 Å². The van der Waals surface area contributed by atoms with E-state index in [0.717, 1.165) is 74.3 Å². The van der Waals surface area contributed by atoms with Gasteiger partial charge < -0.3 is 15.0 Å². The highest BCUT2D eigenvalue weighted by Gasteiger charge is 2.18. The summed E-state index contributed by atoms with van der Waals surface area (Å²) in [6.45, 7) is 6.67. The number of ether oxygens (including phenoxy) is 1. The van der Waals surface area contributed by atoms with Gasteiger partial charge in [-0.25, -0.2) is 4.39 Å². The van der Waals surface area contributed by atoms with Crippen LogP contribution >= 0.6 is 0 Å². The van der Waals surface area contributed by atoms with Crippen molar-refractivity contribution in [3.05, 3.63) is 66.0 Å². The van der Waals surface area contributed by atoms with Crippen molar-refractivity contribution in [1.29, 1.82) is 0 Å². The summed E-state index contributed by atoms with van der Waals surface area (Å²) in [5.41, 5.74) is 2.32. The molecule has 0 radical (unpaired) electrons. The highest BCUT2D eigenvalue weighted by Crippen LogP contribution is 2.28. The number of halogens is 1. The van der Waals surface area contributed by atoms with Crippen molar-refractivity contribution in [1.82, 2.24) is 9.88 Å². The Balaban J connectivity index is 1.05. The lowest BCUT2D eigenvalue weighted by atomic mass is 10.1. The fraction of sp³-hybridized carbons (Fsp3) is 0.346. The quantitative estimate of drug-likeness (QED) is 0.544. The van der Waals surface area contributed by atoms with Crippen LogP contribution < -0.4 is 15.0 Å². The summed E-state index contributed by atoms with van der Waals surface area (Å²) in [6.07, 6.45) is 6.30. The van der Waals surface area contributed by atoms with Crippen molar-refractivity contribution in [3.63, 3.8) is 0 Å². The molecule has 2 aliphatic rings. The lowest BCUT2D eigenvalue weighted by Gasteiger charge is -2.36. The zero-order valence-electron chi connectivity index (χ0n) is 18.3. The number of rotatable bonds is 7. The highest BCUT2D eigenvalue weighted by atomic mass is 19.1. The lowest BCUT2D eigenvalue weighted by Crippen LogP contribution is -2.46. The van der Waals surface area contributed by atoms with Crippen LogP contribution in [0.3, 0.4) is 0 Å². The third-order valence-electron chi connectivity index (χ3n) is 6.24. The van der Waals surface area contributed by atoms with E-state index in [1.165, 1.54) is 5.69 Å². The van der Waals surface area contributed by atoms with Gasteiger partial charge in [-0.2, -0.15) is 4.98 Å². The second-order valence-corrected chi connectivity index (χ2v) is 8.40. The standard InChI is InChI=1S/C26H29FN4O/c27-22-9-10-23-21(19-22)5-3-7-24(23)31-16-14-30(15-17-31)13-1-2-18-32-25-11-8-20-6-4-12-28-26(20)29-25/h3-11,19H,1-2,12-18H2,(H,28,29). The van der Waals surface area contributed by atoms with Gasteiger partial charge in [0.25, 0.3) is 0 Å². The topological polar surface area (TPSA) is 40.6 Å². The molecule has 0 aliphatic carbocycles. The molecule has 6 heteroatoms. The van der Waals surface area contributed by atoms with E-state index in [-0.39, 0.29) is 5.82 Å². The van der Waals surface area contributed by atoms with E-state index in [2.05, 4.69) is 38.3 Å². The molecule has 166 valence electrons. The van der Waals surface area contributed by atoms with Gasteiger partial charge in [-0.1, -0.05) is 24.3 Å². The number of nitrogens with zero attached hydrogens (tertiary/aromatic N) is 3. The number of pyridine rings is 1. The summed E-state index contributed by atoms with van der Waals surface area (Å²) in [5, 5.41) is 5.36. The van der Waals surface area contributed by atoms with Gasteiger partial charge in [0, 0.05) is 55.4 Å². The first-order chi connectivity index (χ1) is 15.8. The smallest absolute Gasteiger partial charge is 0.215 e. The second kappa shape index (κ2) is 9.57. The Morgan fingerprint density at radius 1 is 1.00 bits per heavy atom. The number of unbranched alkanes of at least 4 members (excludes halogenated alkanes) is 1. The summed E-state index contributed by atoms with van der Waals surface area (Å²) in [5.74, 6) is 1.41.